The van der Waals surface area contributed by atoms with Gasteiger partial charge in [0.1, 0.15) is 12.4 Å². The molecule has 0 aliphatic carbocycles. The van der Waals surface area contributed by atoms with E-state index in [-0.39, 0.29) is 0 Å². The topological polar surface area (TPSA) is 41.2 Å². The van der Waals surface area contributed by atoms with Crippen LogP contribution in [0.4, 0.5) is 5.69 Å². The van der Waals surface area contributed by atoms with Crippen LogP contribution in [-0.4, -0.2) is 23.1 Å². The number of ether oxygens (including phenoxy) is 1. The van der Waals surface area contributed by atoms with Gasteiger partial charge in [-0.25, -0.2) is 4.98 Å². The summed E-state index contributed by atoms with van der Waals surface area (Å²) in [6.07, 6.45) is 5.43. The number of anilines is 1. The summed E-state index contributed by atoms with van der Waals surface area (Å²) >= 11 is 0. The molecule has 1 aromatic carbocycles. The Morgan fingerprint density at radius 3 is 3.22 bits per heavy atom. The molecule has 1 aromatic heterocycles. The fourth-order valence-corrected chi connectivity index (χ4v) is 2.27. The molecule has 1 aliphatic rings. The first-order chi connectivity index (χ1) is 8.88. The summed E-state index contributed by atoms with van der Waals surface area (Å²) in [6.45, 7) is 6.26. The molecule has 0 saturated carbocycles. The molecule has 0 radical (unpaired) electrons. The highest BCUT2D eigenvalue weighted by Crippen LogP contribution is 2.36. The molecule has 0 spiro atoms. The average molecular weight is 241 g/mol. The van der Waals surface area contributed by atoms with Crippen LogP contribution in [0.3, 0.4) is 0 Å². The van der Waals surface area contributed by atoms with E-state index in [1.807, 2.05) is 24.4 Å². The highest BCUT2D eigenvalue weighted by molar-refractivity contribution is 5.74. The molecule has 1 N–H and O–H groups in total. The quantitative estimate of drug-likeness (QED) is 0.897. The van der Waals surface area contributed by atoms with Gasteiger partial charge in [0.05, 0.1) is 30.8 Å². The molecule has 3 rings (SSSR count). The lowest BCUT2D eigenvalue weighted by Gasteiger charge is -2.32. The second kappa shape index (κ2) is 4.56. The first kappa shape index (κ1) is 10.9. The lowest BCUT2D eigenvalue weighted by atomic mass is 10.1. The smallest absolute Gasteiger partial charge is 0.143 e. The molecule has 0 saturated heterocycles. The highest BCUT2D eigenvalue weighted by atomic mass is 16.5. The van der Waals surface area contributed by atoms with Crippen LogP contribution in [0.1, 0.15) is 11.3 Å². The average Bonchev–Trinajstić information content (AvgIpc) is 2.91. The van der Waals surface area contributed by atoms with Gasteiger partial charge in [-0.15, -0.1) is 0 Å². The van der Waals surface area contributed by atoms with Crippen LogP contribution < -0.4 is 9.64 Å². The number of para-hydroxylation sites is 1. The van der Waals surface area contributed by atoms with Crippen molar-refractivity contribution in [2.75, 3.05) is 18.1 Å². The Morgan fingerprint density at radius 2 is 2.44 bits per heavy atom. The Morgan fingerprint density at radius 1 is 1.50 bits per heavy atom. The molecule has 0 unspecified atom stereocenters. The molecule has 0 amide bonds. The molecule has 18 heavy (non-hydrogen) atoms. The first-order valence-corrected chi connectivity index (χ1v) is 5.99. The van der Waals surface area contributed by atoms with Gasteiger partial charge in [0, 0.05) is 11.8 Å². The van der Waals surface area contributed by atoms with Crippen molar-refractivity contribution in [2.45, 2.75) is 6.54 Å². The van der Waals surface area contributed by atoms with Gasteiger partial charge in [-0.2, -0.15) is 0 Å². The Balaban J connectivity index is 1.97. The van der Waals surface area contributed by atoms with Crippen molar-refractivity contribution < 1.29 is 4.74 Å². The molecule has 0 atom stereocenters. The fraction of sp³-hybridized carbons (Fsp3) is 0.214. The van der Waals surface area contributed by atoms with Crippen molar-refractivity contribution in [3.63, 3.8) is 0 Å². The number of fused-ring (bicyclic) bond motifs is 1. The number of benzene rings is 1. The number of nitrogens with zero attached hydrogens (tertiary/aromatic N) is 2. The number of rotatable bonds is 3. The number of H-pyrrole nitrogens is 1. The Kier molecular flexibility index (Phi) is 2.76. The van der Waals surface area contributed by atoms with Gasteiger partial charge in [0.25, 0.3) is 0 Å². The van der Waals surface area contributed by atoms with Crippen LogP contribution in [0.5, 0.6) is 5.75 Å². The van der Waals surface area contributed by atoms with E-state index in [1.165, 1.54) is 0 Å². The van der Waals surface area contributed by atoms with Crippen LogP contribution in [-0.2, 0) is 6.54 Å². The molecule has 0 fully saturated rings. The molecule has 2 aromatic rings. The summed E-state index contributed by atoms with van der Waals surface area (Å²) in [6, 6.07) is 6.05. The third-order valence-electron chi connectivity index (χ3n) is 3.10. The second-order valence-corrected chi connectivity index (χ2v) is 4.24. The molecule has 4 heteroatoms. The monoisotopic (exact) mass is 241 g/mol. The number of hydrogen-bond acceptors (Lipinski definition) is 3. The van der Waals surface area contributed by atoms with Crippen LogP contribution in [0.25, 0.3) is 6.08 Å². The van der Waals surface area contributed by atoms with Crippen molar-refractivity contribution >= 4 is 11.8 Å². The lowest BCUT2D eigenvalue weighted by molar-refractivity contribution is 0.306. The predicted molar refractivity (Wildman–Crippen MR) is 71.7 cm³/mol. The summed E-state index contributed by atoms with van der Waals surface area (Å²) in [5.74, 6) is 0.929. The summed E-state index contributed by atoms with van der Waals surface area (Å²) < 4.78 is 5.70. The zero-order chi connectivity index (χ0) is 12.4. The van der Waals surface area contributed by atoms with Crippen molar-refractivity contribution in [3.05, 3.63) is 48.6 Å². The minimum atomic E-state index is 0.710. The van der Waals surface area contributed by atoms with Crippen molar-refractivity contribution in [1.29, 1.82) is 0 Å². The number of aromatic nitrogens is 2. The maximum Gasteiger partial charge on any atom is 0.143 e. The van der Waals surface area contributed by atoms with E-state index in [0.29, 0.717) is 6.61 Å². The lowest BCUT2D eigenvalue weighted by Crippen LogP contribution is -2.32. The summed E-state index contributed by atoms with van der Waals surface area (Å²) in [7, 11) is 0. The molecule has 1 aliphatic heterocycles. The highest BCUT2D eigenvalue weighted by Gasteiger charge is 2.20. The third kappa shape index (κ3) is 1.86. The van der Waals surface area contributed by atoms with Gasteiger partial charge in [0.15, 0.2) is 0 Å². The summed E-state index contributed by atoms with van der Waals surface area (Å²) in [5.41, 5.74) is 3.32. The first-order valence-electron chi connectivity index (χ1n) is 5.99. The molecular weight excluding hydrogens is 226 g/mol. The Hall–Kier alpha value is -2.23. The van der Waals surface area contributed by atoms with Crippen molar-refractivity contribution in [3.8, 4) is 5.75 Å². The maximum atomic E-state index is 5.70. The number of hydrogen-bond donors (Lipinski definition) is 1. The fourth-order valence-electron chi connectivity index (χ4n) is 2.27. The van der Waals surface area contributed by atoms with E-state index in [2.05, 4.69) is 27.5 Å². The Bertz CT molecular complexity index is 548. The minimum absolute atomic E-state index is 0.710. The zero-order valence-electron chi connectivity index (χ0n) is 10.1. The van der Waals surface area contributed by atoms with Crippen LogP contribution in [0.15, 0.2) is 37.3 Å². The van der Waals surface area contributed by atoms with E-state index in [4.69, 9.17) is 4.74 Å². The van der Waals surface area contributed by atoms with Gasteiger partial charge in [0.2, 0.25) is 0 Å². The number of imidazole rings is 1. The van der Waals surface area contributed by atoms with Crippen LogP contribution >= 0.6 is 0 Å². The maximum absolute atomic E-state index is 5.70. The molecule has 0 bridgehead atoms. The molecule has 92 valence electrons. The SMILES string of the molecule is C=Cc1cccc2c1N(Cc1cnc[nH]1)CCO2. The van der Waals surface area contributed by atoms with Crippen molar-refractivity contribution in [2.24, 2.45) is 0 Å². The molecule has 2 heterocycles. The molecular formula is C14H15N3O. The van der Waals surface area contributed by atoms with E-state index in [9.17, 15) is 0 Å². The largest absolute Gasteiger partial charge is 0.490 e. The van der Waals surface area contributed by atoms with Gasteiger partial charge in [-0.1, -0.05) is 24.8 Å². The van der Waals surface area contributed by atoms with E-state index < -0.39 is 0 Å². The third-order valence-corrected chi connectivity index (χ3v) is 3.10. The summed E-state index contributed by atoms with van der Waals surface area (Å²) in [5, 5.41) is 0. The van der Waals surface area contributed by atoms with Crippen LogP contribution in [0.2, 0.25) is 0 Å². The van der Waals surface area contributed by atoms with Crippen LogP contribution in [0, 0.1) is 0 Å². The van der Waals surface area contributed by atoms with Gasteiger partial charge in [-0.3, -0.25) is 0 Å². The zero-order valence-corrected chi connectivity index (χ0v) is 10.1. The number of aromatic amines is 1. The number of nitrogens with one attached hydrogen (secondary N) is 1. The van der Waals surface area contributed by atoms with Gasteiger partial charge < -0.3 is 14.6 Å². The van der Waals surface area contributed by atoms with Crippen molar-refractivity contribution in [1.82, 2.24) is 9.97 Å². The standard InChI is InChI=1S/C14H15N3O/c1-2-11-4-3-5-13-14(11)17(6-7-18-13)9-12-8-15-10-16-12/h2-5,8,10H,1,6-7,9H2,(H,15,16). The minimum Gasteiger partial charge on any atom is -0.490 e. The van der Waals surface area contributed by atoms with E-state index >= 15 is 0 Å². The molecule has 4 nitrogen and oxygen atoms in total. The predicted octanol–water partition coefficient (Wildman–Crippen LogP) is 2.45. The summed E-state index contributed by atoms with van der Waals surface area (Å²) in [4.78, 5) is 9.48. The second-order valence-electron chi connectivity index (χ2n) is 4.24. The van der Waals surface area contributed by atoms with E-state index in [1.54, 1.807) is 6.33 Å². The van der Waals surface area contributed by atoms with Gasteiger partial charge >= 0.3 is 0 Å². The van der Waals surface area contributed by atoms with Gasteiger partial charge in [-0.05, 0) is 6.07 Å². The normalized spacial score (nSPS) is 13.9. The Labute approximate surface area is 106 Å². The van der Waals surface area contributed by atoms with E-state index in [0.717, 1.165) is 35.8 Å².